The van der Waals surface area contributed by atoms with Gasteiger partial charge in [-0.15, -0.1) is 0 Å². The van der Waals surface area contributed by atoms with Crippen molar-refractivity contribution < 1.29 is 29.0 Å². The normalized spacial score (nSPS) is 21.5. The van der Waals surface area contributed by atoms with Crippen molar-refractivity contribution in [1.29, 1.82) is 0 Å². The lowest BCUT2D eigenvalue weighted by Crippen LogP contribution is -2.24. The fraction of sp³-hybridized carbons (Fsp3) is 0.500. The van der Waals surface area contributed by atoms with Gasteiger partial charge in [0.25, 0.3) is 0 Å². The van der Waals surface area contributed by atoms with E-state index in [4.69, 9.17) is 14.5 Å². The van der Waals surface area contributed by atoms with Gasteiger partial charge < -0.3 is 24.4 Å². The van der Waals surface area contributed by atoms with Crippen LogP contribution in [0.3, 0.4) is 0 Å². The molecule has 6 heterocycles. The summed E-state index contributed by atoms with van der Waals surface area (Å²) in [4.78, 5) is 49.6. The number of piperidine rings is 2. The molecule has 4 aliphatic rings. The Morgan fingerprint density at radius 1 is 0.750 bits per heavy atom. The molecule has 2 aliphatic heterocycles. The van der Waals surface area contributed by atoms with Crippen molar-refractivity contribution in [3.05, 3.63) is 82.7 Å². The minimum atomic E-state index is -0.665. The Bertz CT molecular complexity index is 1930. The third-order valence-electron chi connectivity index (χ3n) is 10.2. The maximum absolute atomic E-state index is 12.1. The second-order valence-corrected chi connectivity index (χ2v) is 14.2. The van der Waals surface area contributed by atoms with Crippen molar-refractivity contribution in [2.24, 2.45) is 23.7 Å². The molecule has 2 saturated carbocycles. The number of aliphatic hydroxyl groups excluding tert-OH is 1. The second kappa shape index (κ2) is 14.9. The van der Waals surface area contributed by atoms with Gasteiger partial charge in [0.15, 0.2) is 5.78 Å². The van der Waals surface area contributed by atoms with Crippen LogP contribution < -0.4 is 9.80 Å². The molecule has 1 N–H and O–H groups in total. The number of Topliss-reactive ketones (excluding diaryl/α,β-unsaturated/α-hetero) is 1. The van der Waals surface area contributed by atoms with Gasteiger partial charge in [-0.2, -0.15) is 10.2 Å². The summed E-state index contributed by atoms with van der Waals surface area (Å²) in [7, 11) is 0. The van der Waals surface area contributed by atoms with E-state index in [2.05, 4.69) is 25.0 Å². The van der Waals surface area contributed by atoms with Crippen LogP contribution in [0.1, 0.15) is 94.7 Å². The summed E-state index contributed by atoms with van der Waals surface area (Å²) in [5.41, 5.74) is 3.65. The molecule has 4 aromatic rings. The number of aliphatic hydroxyl groups is 1. The van der Waals surface area contributed by atoms with E-state index < -0.39 is 12.1 Å². The number of rotatable bonds is 12. The van der Waals surface area contributed by atoms with Crippen molar-refractivity contribution in [3.8, 4) is 0 Å². The summed E-state index contributed by atoms with van der Waals surface area (Å²) in [5.74, 6) is 4.24. The number of ether oxygens (including phenoxy) is 2. The van der Waals surface area contributed by atoms with E-state index >= 15 is 0 Å². The monoisotopic (exact) mass is 710 g/mol. The molecular formula is C38H46N8O6. The molecule has 14 nitrogen and oxygen atoms in total. The van der Waals surface area contributed by atoms with Crippen LogP contribution in [-0.2, 0) is 22.6 Å². The number of fused-ring (bicyclic) bond motifs is 2. The summed E-state index contributed by atoms with van der Waals surface area (Å²) >= 11 is 0. The van der Waals surface area contributed by atoms with Crippen LogP contribution in [0.5, 0.6) is 0 Å². The van der Waals surface area contributed by atoms with Crippen molar-refractivity contribution in [3.63, 3.8) is 0 Å². The SMILES string of the molecule is CCOC(=O)c1cnn(Cc2ccc(N3CC4CC4C3)nc2C(C)=O)c1.CCOC(=O)c1cnn(Cc2ccc(N3CC4CC4C3)nc2[C@@H](C)O)c1. The highest BCUT2D eigenvalue weighted by Crippen LogP contribution is 2.47. The third-order valence-corrected chi connectivity index (χ3v) is 10.2. The van der Waals surface area contributed by atoms with Gasteiger partial charge >= 0.3 is 11.9 Å². The van der Waals surface area contributed by atoms with Gasteiger partial charge in [0.2, 0.25) is 0 Å². The molecule has 14 heteroatoms. The van der Waals surface area contributed by atoms with Gasteiger partial charge in [0.05, 0.1) is 61.6 Å². The van der Waals surface area contributed by atoms with Crippen LogP contribution in [0, 0.1) is 23.7 Å². The van der Waals surface area contributed by atoms with E-state index in [0.29, 0.717) is 48.8 Å². The van der Waals surface area contributed by atoms with Crippen LogP contribution in [0.15, 0.2) is 49.1 Å². The van der Waals surface area contributed by atoms with Crippen molar-refractivity contribution in [2.75, 3.05) is 49.2 Å². The van der Waals surface area contributed by atoms with Crippen LogP contribution in [-0.4, -0.2) is 91.8 Å². The van der Waals surface area contributed by atoms with E-state index in [1.807, 2.05) is 24.3 Å². The lowest BCUT2D eigenvalue weighted by atomic mass is 10.1. The molecule has 0 spiro atoms. The van der Waals surface area contributed by atoms with E-state index in [1.165, 1.54) is 32.2 Å². The first kappa shape index (κ1) is 35.3. The average molecular weight is 711 g/mol. The van der Waals surface area contributed by atoms with Crippen molar-refractivity contribution in [2.45, 2.75) is 59.7 Å². The Kier molecular flexibility index (Phi) is 10.1. The zero-order valence-corrected chi connectivity index (χ0v) is 30.1. The van der Waals surface area contributed by atoms with Crippen molar-refractivity contribution >= 4 is 29.4 Å². The number of anilines is 2. The highest BCUT2D eigenvalue weighted by molar-refractivity contribution is 5.94. The number of ketones is 1. The summed E-state index contributed by atoms with van der Waals surface area (Å²) in [5, 5.41) is 18.6. The smallest absolute Gasteiger partial charge is 0.341 e. The Morgan fingerprint density at radius 3 is 1.67 bits per heavy atom. The molecule has 274 valence electrons. The summed E-state index contributed by atoms with van der Waals surface area (Å²) in [6.07, 6.45) is 8.27. The highest BCUT2D eigenvalue weighted by Gasteiger charge is 2.46. The molecule has 4 unspecified atom stereocenters. The molecule has 0 radical (unpaired) electrons. The summed E-state index contributed by atoms with van der Waals surface area (Å²) < 4.78 is 13.3. The lowest BCUT2D eigenvalue weighted by molar-refractivity contribution is 0.0516. The number of hydrogen-bond donors (Lipinski definition) is 1. The quantitative estimate of drug-likeness (QED) is 0.166. The van der Waals surface area contributed by atoms with Crippen LogP contribution in [0.2, 0.25) is 0 Å². The number of nitrogens with zero attached hydrogens (tertiary/aromatic N) is 8. The van der Waals surface area contributed by atoms with E-state index in [9.17, 15) is 19.5 Å². The first-order valence-electron chi connectivity index (χ1n) is 18.2. The van der Waals surface area contributed by atoms with Crippen molar-refractivity contribution in [1.82, 2.24) is 29.5 Å². The van der Waals surface area contributed by atoms with E-state index in [0.717, 1.165) is 72.6 Å². The number of pyridine rings is 2. The fourth-order valence-corrected chi connectivity index (χ4v) is 7.31. The Hall–Kier alpha value is -5.11. The molecule has 4 fully saturated rings. The fourth-order valence-electron chi connectivity index (χ4n) is 7.31. The van der Waals surface area contributed by atoms with Gasteiger partial charge in [-0.1, -0.05) is 12.1 Å². The van der Waals surface area contributed by atoms with Gasteiger partial charge in [-0.25, -0.2) is 19.6 Å². The first-order valence-corrected chi connectivity index (χ1v) is 18.2. The number of hydrogen-bond acceptors (Lipinski definition) is 12. The predicted octanol–water partition coefficient (Wildman–Crippen LogP) is 4.17. The minimum absolute atomic E-state index is 0.0658. The second-order valence-electron chi connectivity index (χ2n) is 14.2. The minimum Gasteiger partial charge on any atom is -0.462 e. The Labute approximate surface area is 302 Å². The number of aromatic nitrogens is 6. The average Bonchev–Trinajstić information content (AvgIpc) is 3.66. The molecular weight excluding hydrogens is 664 g/mol. The van der Waals surface area contributed by atoms with Crippen LogP contribution in [0.4, 0.5) is 11.6 Å². The molecule has 2 aliphatic carbocycles. The Balaban J connectivity index is 0.000000162. The van der Waals surface area contributed by atoms with E-state index in [-0.39, 0.29) is 11.8 Å². The molecule has 0 aromatic carbocycles. The van der Waals surface area contributed by atoms with Gasteiger partial charge in [0, 0.05) is 51.1 Å². The maximum atomic E-state index is 12.1. The standard InChI is InChI=1S/C19H24N4O3.C19H22N4O3/c2*1-3-26-19(25)16-7-20-23(11-16)10-13-4-5-17(21-18(13)12(2)24)22-8-14-6-15(14)9-22/h4-5,7,11-12,14-15,24H,3,6,8-10H2,1-2H3;4-5,7,11,14-15H,3,6,8-10H2,1-2H3/t12-,14?,15?;/m1./s1. The Morgan fingerprint density at radius 2 is 1.21 bits per heavy atom. The van der Waals surface area contributed by atoms with Crippen LogP contribution in [0.25, 0.3) is 0 Å². The van der Waals surface area contributed by atoms with Gasteiger partial charge in [0.1, 0.15) is 17.3 Å². The highest BCUT2D eigenvalue weighted by atomic mass is 16.5. The molecule has 0 amide bonds. The summed E-state index contributed by atoms with van der Waals surface area (Å²) in [6.45, 7) is 12.5. The predicted molar refractivity (Wildman–Crippen MR) is 191 cm³/mol. The third kappa shape index (κ3) is 7.86. The molecule has 4 aromatic heterocycles. The van der Waals surface area contributed by atoms with Gasteiger partial charge in [-0.05, 0) is 75.0 Å². The molecule has 8 rings (SSSR count). The maximum Gasteiger partial charge on any atom is 0.341 e. The van der Waals surface area contributed by atoms with E-state index in [1.54, 1.807) is 42.5 Å². The molecule has 5 atom stereocenters. The molecule has 52 heavy (non-hydrogen) atoms. The topological polar surface area (TPSA) is 158 Å². The zero-order chi connectivity index (χ0) is 36.5. The largest absolute Gasteiger partial charge is 0.462 e. The van der Waals surface area contributed by atoms with Gasteiger partial charge in [-0.3, -0.25) is 14.2 Å². The lowest BCUT2D eigenvalue weighted by Gasteiger charge is -2.21. The number of esters is 2. The number of carbonyl (C=O) groups excluding carboxylic acids is 3. The zero-order valence-electron chi connectivity index (χ0n) is 30.1. The number of carbonyl (C=O) groups is 3. The summed E-state index contributed by atoms with van der Waals surface area (Å²) in [6, 6.07) is 7.93. The molecule has 2 saturated heterocycles. The van der Waals surface area contributed by atoms with Crippen LogP contribution >= 0.6 is 0 Å². The molecule has 0 bridgehead atoms. The first-order chi connectivity index (χ1) is 25.1.